The zero-order chi connectivity index (χ0) is 13.9. The summed E-state index contributed by atoms with van der Waals surface area (Å²) in [4.78, 5) is 11.0. The Labute approximate surface area is 120 Å². The molecule has 1 aromatic heterocycles. The Morgan fingerprint density at radius 1 is 1.35 bits per heavy atom. The highest BCUT2D eigenvalue weighted by Crippen LogP contribution is 2.29. The Bertz CT molecular complexity index is 449. The van der Waals surface area contributed by atoms with E-state index in [1.54, 1.807) is 13.4 Å². The summed E-state index contributed by atoms with van der Waals surface area (Å²) in [7, 11) is 1.80. The van der Waals surface area contributed by atoms with Crippen molar-refractivity contribution in [3.05, 3.63) is 12.4 Å². The lowest BCUT2D eigenvalue weighted by Gasteiger charge is -2.36. The van der Waals surface area contributed by atoms with Crippen molar-refractivity contribution in [2.24, 2.45) is 11.8 Å². The summed E-state index contributed by atoms with van der Waals surface area (Å²) in [5, 5.41) is 3.41. The van der Waals surface area contributed by atoms with Gasteiger partial charge in [-0.2, -0.15) is 0 Å². The lowest BCUT2D eigenvalue weighted by atomic mass is 9.96. The highest BCUT2D eigenvalue weighted by atomic mass is 16.5. The van der Waals surface area contributed by atoms with Gasteiger partial charge in [0, 0.05) is 32.8 Å². The molecule has 1 aliphatic heterocycles. The van der Waals surface area contributed by atoms with Crippen LogP contribution in [0.3, 0.4) is 0 Å². The number of piperidine rings is 1. The smallest absolute Gasteiger partial charge is 0.134 e. The summed E-state index contributed by atoms with van der Waals surface area (Å²) >= 11 is 0. The van der Waals surface area contributed by atoms with Gasteiger partial charge in [0.2, 0.25) is 0 Å². The fourth-order valence-corrected chi connectivity index (χ4v) is 2.74. The van der Waals surface area contributed by atoms with Crippen molar-refractivity contribution in [1.82, 2.24) is 9.97 Å². The lowest BCUT2D eigenvalue weighted by molar-refractivity contribution is 0.0496. The van der Waals surface area contributed by atoms with Gasteiger partial charge in [-0.1, -0.05) is 6.92 Å². The molecule has 1 N–H and O–H groups in total. The molecule has 0 bridgehead atoms. The SMILES string of the molecule is COC1CN(c2cc(NCC3CC3)ncn2)CCC1C. The number of nitrogens with zero attached hydrogens (tertiary/aromatic N) is 3. The molecule has 5 heteroatoms. The Balaban J connectivity index is 1.64. The van der Waals surface area contributed by atoms with E-state index in [-0.39, 0.29) is 0 Å². The van der Waals surface area contributed by atoms with Crippen LogP contribution in [0.2, 0.25) is 0 Å². The van der Waals surface area contributed by atoms with Gasteiger partial charge >= 0.3 is 0 Å². The van der Waals surface area contributed by atoms with E-state index in [4.69, 9.17) is 4.74 Å². The molecule has 0 aromatic carbocycles. The fraction of sp³-hybridized carbons (Fsp3) is 0.733. The Morgan fingerprint density at radius 2 is 2.20 bits per heavy atom. The molecule has 2 fully saturated rings. The molecule has 2 unspecified atom stereocenters. The second-order valence-corrected chi connectivity index (χ2v) is 6.07. The predicted molar refractivity (Wildman–Crippen MR) is 80.0 cm³/mol. The maximum atomic E-state index is 5.57. The highest BCUT2D eigenvalue weighted by molar-refractivity contribution is 5.49. The van der Waals surface area contributed by atoms with Crippen LogP contribution in [-0.4, -0.2) is 42.8 Å². The number of anilines is 2. The number of methoxy groups -OCH3 is 1. The lowest BCUT2D eigenvalue weighted by Crippen LogP contribution is -2.44. The van der Waals surface area contributed by atoms with E-state index in [1.165, 1.54) is 12.8 Å². The molecule has 1 saturated carbocycles. The van der Waals surface area contributed by atoms with Gasteiger partial charge in [-0.15, -0.1) is 0 Å². The van der Waals surface area contributed by atoms with Crippen LogP contribution in [0.15, 0.2) is 12.4 Å². The van der Waals surface area contributed by atoms with Crippen LogP contribution in [0, 0.1) is 11.8 Å². The third-order valence-corrected chi connectivity index (χ3v) is 4.44. The van der Waals surface area contributed by atoms with E-state index in [2.05, 4.69) is 33.2 Å². The molecule has 1 saturated heterocycles. The average Bonchev–Trinajstić information content (AvgIpc) is 3.30. The van der Waals surface area contributed by atoms with Crippen molar-refractivity contribution in [2.75, 3.05) is 37.0 Å². The largest absolute Gasteiger partial charge is 0.379 e. The van der Waals surface area contributed by atoms with Crippen LogP contribution in [0.1, 0.15) is 26.2 Å². The van der Waals surface area contributed by atoms with Crippen molar-refractivity contribution in [3.63, 3.8) is 0 Å². The molecule has 0 amide bonds. The van der Waals surface area contributed by atoms with Gasteiger partial charge < -0.3 is 15.0 Å². The normalized spacial score (nSPS) is 26.6. The molecule has 1 aliphatic carbocycles. The summed E-state index contributed by atoms with van der Waals surface area (Å²) in [6.45, 7) is 5.25. The van der Waals surface area contributed by atoms with Crippen LogP contribution >= 0.6 is 0 Å². The second kappa shape index (κ2) is 5.95. The molecule has 20 heavy (non-hydrogen) atoms. The van der Waals surface area contributed by atoms with Crippen molar-refractivity contribution in [2.45, 2.75) is 32.3 Å². The predicted octanol–water partition coefficient (Wildman–Crippen LogP) is 2.16. The zero-order valence-electron chi connectivity index (χ0n) is 12.4. The minimum Gasteiger partial charge on any atom is -0.379 e. The van der Waals surface area contributed by atoms with Crippen molar-refractivity contribution < 1.29 is 4.74 Å². The number of nitrogens with one attached hydrogen (secondary N) is 1. The monoisotopic (exact) mass is 276 g/mol. The van der Waals surface area contributed by atoms with Gasteiger partial charge in [-0.3, -0.25) is 0 Å². The Hall–Kier alpha value is -1.36. The van der Waals surface area contributed by atoms with Crippen molar-refractivity contribution >= 4 is 11.6 Å². The van der Waals surface area contributed by atoms with Gasteiger partial charge in [0.15, 0.2) is 0 Å². The topological polar surface area (TPSA) is 50.3 Å². The quantitative estimate of drug-likeness (QED) is 0.893. The van der Waals surface area contributed by atoms with Gasteiger partial charge in [0.25, 0.3) is 0 Å². The van der Waals surface area contributed by atoms with Gasteiger partial charge in [-0.25, -0.2) is 9.97 Å². The molecule has 2 atom stereocenters. The molecule has 0 radical (unpaired) electrons. The number of rotatable bonds is 5. The summed E-state index contributed by atoms with van der Waals surface area (Å²) in [6.07, 6.45) is 5.80. The minimum atomic E-state index is 0.293. The average molecular weight is 276 g/mol. The minimum absolute atomic E-state index is 0.293. The first-order valence-corrected chi connectivity index (χ1v) is 7.60. The summed E-state index contributed by atoms with van der Waals surface area (Å²) in [6, 6.07) is 2.06. The van der Waals surface area contributed by atoms with Gasteiger partial charge in [-0.05, 0) is 31.1 Å². The molecule has 1 aromatic rings. The molecular formula is C15H24N4O. The fourth-order valence-electron chi connectivity index (χ4n) is 2.74. The second-order valence-electron chi connectivity index (χ2n) is 6.07. The van der Waals surface area contributed by atoms with Gasteiger partial charge in [0.05, 0.1) is 6.10 Å². The van der Waals surface area contributed by atoms with Crippen LogP contribution in [0.4, 0.5) is 11.6 Å². The zero-order valence-corrected chi connectivity index (χ0v) is 12.4. The standard InChI is InChI=1S/C15H24N4O/c1-11-5-6-19(9-13(11)20-2)15-7-14(17-10-18-15)16-8-12-3-4-12/h7,10-13H,3-6,8-9H2,1-2H3,(H,16,17,18). The van der Waals surface area contributed by atoms with E-state index in [1.807, 2.05) is 0 Å². The number of aromatic nitrogens is 2. The summed E-state index contributed by atoms with van der Waals surface area (Å²) in [5.74, 6) is 3.41. The van der Waals surface area contributed by atoms with Gasteiger partial charge in [0.1, 0.15) is 18.0 Å². The van der Waals surface area contributed by atoms with E-state index < -0.39 is 0 Å². The Kier molecular flexibility index (Phi) is 4.05. The van der Waals surface area contributed by atoms with Crippen LogP contribution in [0.5, 0.6) is 0 Å². The first-order valence-electron chi connectivity index (χ1n) is 7.60. The number of hydrogen-bond donors (Lipinski definition) is 1. The van der Waals surface area contributed by atoms with E-state index in [0.29, 0.717) is 12.0 Å². The van der Waals surface area contributed by atoms with Crippen LogP contribution in [0.25, 0.3) is 0 Å². The van der Waals surface area contributed by atoms with Crippen LogP contribution < -0.4 is 10.2 Å². The molecule has 2 heterocycles. The third-order valence-electron chi connectivity index (χ3n) is 4.44. The molecule has 110 valence electrons. The first-order chi connectivity index (χ1) is 9.76. The maximum Gasteiger partial charge on any atom is 0.134 e. The van der Waals surface area contributed by atoms with Crippen LogP contribution in [-0.2, 0) is 4.74 Å². The number of ether oxygens (including phenoxy) is 1. The molecule has 2 aliphatic rings. The molecule has 5 nitrogen and oxygen atoms in total. The Morgan fingerprint density at radius 3 is 2.95 bits per heavy atom. The van der Waals surface area contributed by atoms with Crippen molar-refractivity contribution in [3.8, 4) is 0 Å². The van der Waals surface area contributed by atoms with E-state index in [9.17, 15) is 0 Å². The molecule has 3 rings (SSSR count). The summed E-state index contributed by atoms with van der Waals surface area (Å²) < 4.78 is 5.57. The van der Waals surface area contributed by atoms with E-state index in [0.717, 1.165) is 43.6 Å². The molecule has 0 spiro atoms. The first kappa shape index (κ1) is 13.6. The van der Waals surface area contributed by atoms with E-state index >= 15 is 0 Å². The summed E-state index contributed by atoms with van der Waals surface area (Å²) in [5.41, 5.74) is 0. The van der Waals surface area contributed by atoms with Crippen molar-refractivity contribution in [1.29, 1.82) is 0 Å². The molecular weight excluding hydrogens is 252 g/mol. The number of hydrogen-bond acceptors (Lipinski definition) is 5. The maximum absolute atomic E-state index is 5.57. The third kappa shape index (κ3) is 3.20. The highest BCUT2D eigenvalue weighted by Gasteiger charge is 2.27.